The van der Waals surface area contributed by atoms with Crippen molar-refractivity contribution in [2.75, 3.05) is 0 Å². The maximum Gasteiger partial charge on any atom is 0.242 e. The quantitative estimate of drug-likeness (QED) is 0.876. The van der Waals surface area contributed by atoms with Gasteiger partial charge >= 0.3 is 0 Å². The molecule has 0 aliphatic heterocycles. The first-order chi connectivity index (χ1) is 9.93. The zero-order valence-electron chi connectivity index (χ0n) is 12.6. The van der Waals surface area contributed by atoms with Crippen molar-refractivity contribution in [2.24, 2.45) is 5.73 Å². The molecule has 1 aromatic heterocycles. The van der Waals surface area contributed by atoms with Gasteiger partial charge in [0.2, 0.25) is 10.0 Å². The van der Waals surface area contributed by atoms with Crippen LogP contribution in [0.4, 0.5) is 0 Å². The molecule has 3 rings (SSSR count). The van der Waals surface area contributed by atoms with E-state index in [0.717, 1.165) is 44.2 Å². The van der Waals surface area contributed by atoms with Gasteiger partial charge in [0.05, 0.1) is 4.90 Å². The van der Waals surface area contributed by atoms with Gasteiger partial charge in [-0.3, -0.25) is 0 Å². The number of nitrogens with two attached hydrogens (primary N) is 1. The minimum Gasteiger partial charge on any atom is -0.346 e. The molecule has 2 saturated carbocycles. The lowest BCUT2D eigenvalue weighted by Gasteiger charge is -2.33. The number of hydrogen-bond donors (Lipinski definition) is 2. The molecule has 0 spiro atoms. The van der Waals surface area contributed by atoms with Gasteiger partial charge in [0.25, 0.3) is 0 Å². The molecular formula is C15H25N3O2S. The van der Waals surface area contributed by atoms with E-state index in [-0.39, 0.29) is 5.54 Å². The van der Waals surface area contributed by atoms with Gasteiger partial charge in [-0.1, -0.05) is 19.3 Å². The number of sulfonamides is 1. The maximum atomic E-state index is 12.7. The van der Waals surface area contributed by atoms with Crippen LogP contribution in [0.1, 0.15) is 63.6 Å². The van der Waals surface area contributed by atoms with Crippen LogP contribution in [0.25, 0.3) is 0 Å². The van der Waals surface area contributed by atoms with Crippen LogP contribution < -0.4 is 10.5 Å². The third kappa shape index (κ3) is 3.17. The van der Waals surface area contributed by atoms with Crippen molar-refractivity contribution in [1.29, 1.82) is 0 Å². The molecule has 1 aromatic rings. The van der Waals surface area contributed by atoms with Crippen LogP contribution in [0.3, 0.4) is 0 Å². The van der Waals surface area contributed by atoms with Gasteiger partial charge in [-0.05, 0) is 38.7 Å². The molecule has 118 valence electrons. The third-order valence-electron chi connectivity index (χ3n) is 4.70. The molecule has 3 N–H and O–H groups in total. The van der Waals surface area contributed by atoms with Crippen molar-refractivity contribution in [3.8, 4) is 0 Å². The highest BCUT2D eigenvalue weighted by Crippen LogP contribution is 2.37. The maximum absolute atomic E-state index is 12.7. The van der Waals surface area contributed by atoms with Gasteiger partial charge in [-0.25, -0.2) is 13.1 Å². The van der Waals surface area contributed by atoms with Crippen LogP contribution in [-0.2, 0) is 16.6 Å². The summed E-state index contributed by atoms with van der Waals surface area (Å²) in [6.07, 6.45) is 9.21. The summed E-state index contributed by atoms with van der Waals surface area (Å²) in [6.45, 7) is 2.40. The molecule has 6 heteroatoms. The summed E-state index contributed by atoms with van der Waals surface area (Å²) in [5.74, 6) is 0. The lowest BCUT2D eigenvalue weighted by atomic mass is 9.84. The van der Waals surface area contributed by atoms with Crippen molar-refractivity contribution in [3.05, 3.63) is 18.0 Å². The Labute approximate surface area is 127 Å². The summed E-state index contributed by atoms with van der Waals surface area (Å²) in [5.41, 5.74) is 6.35. The smallest absolute Gasteiger partial charge is 0.242 e. The van der Waals surface area contributed by atoms with E-state index in [2.05, 4.69) is 4.72 Å². The highest BCUT2D eigenvalue weighted by atomic mass is 32.2. The Morgan fingerprint density at radius 2 is 2.00 bits per heavy atom. The number of aromatic nitrogens is 1. The fourth-order valence-electron chi connectivity index (χ4n) is 3.32. The fraction of sp³-hybridized carbons (Fsp3) is 0.733. The molecule has 2 aliphatic carbocycles. The normalized spacial score (nSPS) is 22.4. The summed E-state index contributed by atoms with van der Waals surface area (Å²) in [7, 11) is -3.46. The molecule has 0 unspecified atom stereocenters. The van der Waals surface area contributed by atoms with E-state index in [0.29, 0.717) is 17.5 Å². The monoisotopic (exact) mass is 311 g/mol. The molecule has 2 aliphatic rings. The fourth-order valence-corrected chi connectivity index (χ4v) is 4.83. The van der Waals surface area contributed by atoms with Crippen molar-refractivity contribution < 1.29 is 8.42 Å². The zero-order valence-corrected chi connectivity index (χ0v) is 13.5. The van der Waals surface area contributed by atoms with Gasteiger partial charge in [-0.15, -0.1) is 0 Å². The van der Waals surface area contributed by atoms with E-state index in [1.807, 2.05) is 11.5 Å². The first-order valence-electron chi connectivity index (χ1n) is 7.88. The van der Waals surface area contributed by atoms with Gasteiger partial charge in [0.1, 0.15) is 0 Å². The number of nitrogens with one attached hydrogen (secondary N) is 1. The Morgan fingerprint density at radius 3 is 2.57 bits per heavy atom. The predicted octanol–water partition coefficient (Wildman–Crippen LogP) is 2.28. The molecular weight excluding hydrogens is 286 g/mol. The second-order valence-corrected chi connectivity index (χ2v) is 8.42. The van der Waals surface area contributed by atoms with Gasteiger partial charge in [0, 0.05) is 30.0 Å². The predicted molar refractivity (Wildman–Crippen MR) is 82.4 cm³/mol. The lowest BCUT2D eigenvalue weighted by Crippen LogP contribution is -2.46. The Bertz CT molecular complexity index is 611. The molecule has 21 heavy (non-hydrogen) atoms. The van der Waals surface area contributed by atoms with E-state index in [1.54, 1.807) is 12.3 Å². The SMILES string of the molecule is CC1(NS(=O)(=O)c2cc(CN)n(C3CC3)c2)CCCCC1. The molecule has 1 heterocycles. The van der Waals surface area contributed by atoms with Crippen molar-refractivity contribution in [3.63, 3.8) is 0 Å². The lowest BCUT2D eigenvalue weighted by molar-refractivity contribution is 0.294. The highest BCUT2D eigenvalue weighted by Gasteiger charge is 2.34. The zero-order chi connectivity index (χ0) is 15.1. The van der Waals surface area contributed by atoms with Crippen LogP contribution in [0.15, 0.2) is 17.2 Å². The topological polar surface area (TPSA) is 77.1 Å². The number of nitrogens with zero attached hydrogens (tertiary/aromatic N) is 1. The van der Waals surface area contributed by atoms with Gasteiger partial charge in [0.15, 0.2) is 0 Å². The van der Waals surface area contributed by atoms with Gasteiger partial charge in [-0.2, -0.15) is 0 Å². The van der Waals surface area contributed by atoms with Crippen molar-refractivity contribution >= 4 is 10.0 Å². The van der Waals surface area contributed by atoms with E-state index in [1.165, 1.54) is 6.42 Å². The Morgan fingerprint density at radius 1 is 1.33 bits per heavy atom. The van der Waals surface area contributed by atoms with Crippen LogP contribution >= 0.6 is 0 Å². The summed E-state index contributed by atoms with van der Waals surface area (Å²) in [6, 6.07) is 2.17. The summed E-state index contributed by atoms with van der Waals surface area (Å²) in [4.78, 5) is 0.363. The van der Waals surface area contributed by atoms with Crippen LogP contribution in [0.2, 0.25) is 0 Å². The van der Waals surface area contributed by atoms with E-state index >= 15 is 0 Å². The summed E-state index contributed by atoms with van der Waals surface area (Å²) < 4.78 is 30.3. The van der Waals surface area contributed by atoms with E-state index in [9.17, 15) is 8.42 Å². The van der Waals surface area contributed by atoms with E-state index in [4.69, 9.17) is 5.73 Å². The van der Waals surface area contributed by atoms with Gasteiger partial charge < -0.3 is 10.3 Å². The largest absolute Gasteiger partial charge is 0.346 e. The Kier molecular flexibility index (Phi) is 3.88. The number of rotatable bonds is 5. The number of hydrogen-bond acceptors (Lipinski definition) is 3. The average molecular weight is 311 g/mol. The molecule has 2 fully saturated rings. The molecule has 0 amide bonds. The highest BCUT2D eigenvalue weighted by molar-refractivity contribution is 7.89. The van der Waals surface area contributed by atoms with E-state index < -0.39 is 10.0 Å². The first-order valence-corrected chi connectivity index (χ1v) is 9.37. The molecule has 0 saturated heterocycles. The molecule has 0 radical (unpaired) electrons. The second kappa shape index (κ2) is 5.41. The molecule has 5 nitrogen and oxygen atoms in total. The first kappa shape index (κ1) is 15.1. The molecule has 0 aromatic carbocycles. The van der Waals surface area contributed by atoms with Crippen LogP contribution in [-0.4, -0.2) is 18.5 Å². The molecule has 0 atom stereocenters. The molecule has 0 bridgehead atoms. The van der Waals surface area contributed by atoms with Crippen molar-refractivity contribution in [1.82, 2.24) is 9.29 Å². The standard InChI is InChI=1S/C15H25N3O2S/c1-15(7-3-2-4-8-15)17-21(19,20)14-9-13(10-16)18(11-14)12-5-6-12/h9,11-12,17H,2-8,10,16H2,1H3. The summed E-state index contributed by atoms with van der Waals surface area (Å²) in [5, 5.41) is 0. The Hall–Kier alpha value is -0.850. The Balaban J connectivity index is 1.84. The second-order valence-electron chi connectivity index (χ2n) is 6.74. The minimum absolute atomic E-state index is 0.304. The average Bonchev–Trinajstić information content (AvgIpc) is 3.17. The van der Waals surface area contributed by atoms with Crippen LogP contribution in [0.5, 0.6) is 0 Å². The van der Waals surface area contributed by atoms with Crippen molar-refractivity contribution in [2.45, 2.75) is 74.9 Å². The van der Waals surface area contributed by atoms with Crippen LogP contribution in [0, 0.1) is 0 Å². The minimum atomic E-state index is -3.46. The summed E-state index contributed by atoms with van der Waals surface area (Å²) >= 11 is 0. The third-order valence-corrected chi connectivity index (χ3v) is 6.31.